The fraction of sp³-hybridized carbons (Fsp3) is 0.900. The molecule has 3 rings (SSSR count). The van der Waals surface area contributed by atoms with Gasteiger partial charge in [0.2, 0.25) is 0 Å². The summed E-state index contributed by atoms with van der Waals surface area (Å²) in [6, 6.07) is 0. The van der Waals surface area contributed by atoms with Crippen molar-refractivity contribution >= 4 is 5.78 Å². The molecule has 0 spiro atoms. The van der Waals surface area contributed by atoms with Crippen LogP contribution in [-0.4, -0.2) is 29.7 Å². The molecule has 3 fully saturated rings. The molecule has 0 N–H and O–H groups in total. The minimum Gasteiger partial charge on any atom is -0.370 e. The average Bonchev–Trinajstić information content (AvgIpc) is 2.90. The smallest absolute Gasteiger partial charge is 0.167 e. The summed E-state index contributed by atoms with van der Waals surface area (Å²) in [6.07, 6.45) is 1.82. The van der Waals surface area contributed by atoms with Crippen LogP contribution in [0.25, 0.3) is 0 Å². The monoisotopic (exact) mass is 182 g/mol. The lowest BCUT2D eigenvalue weighted by atomic mass is 9.76. The average molecular weight is 182 g/mol. The highest BCUT2D eigenvalue weighted by Gasteiger charge is 2.65. The van der Waals surface area contributed by atoms with Crippen LogP contribution < -0.4 is 0 Å². The van der Waals surface area contributed by atoms with Gasteiger partial charge in [-0.15, -0.1) is 0 Å². The van der Waals surface area contributed by atoms with Crippen LogP contribution in [0, 0.1) is 5.92 Å². The van der Waals surface area contributed by atoms with E-state index in [4.69, 9.17) is 9.47 Å². The van der Waals surface area contributed by atoms with Gasteiger partial charge in [0.25, 0.3) is 0 Å². The van der Waals surface area contributed by atoms with Gasteiger partial charge in [-0.3, -0.25) is 4.79 Å². The van der Waals surface area contributed by atoms with Gasteiger partial charge in [-0.2, -0.15) is 0 Å². The van der Waals surface area contributed by atoms with E-state index in [-0.39, 0.29) is 17.5 Å². The summed E-state index contributed by atoms with van der Waals surface area (Å²) in [5.41, 5.74) is -0.426. The maximum atomic E-state index is 11.7. The summed E-state index contributed by atoms with van der Waals surface area (Å²) >= 11 is 0. The SMILES string of the molecule is CC1([C@@H]2CC(=O)[C@@]3(C)O[C@H]3C2)CO1. The highest BCUT2D eigenvalue weighted by Crippen LogP contribution is 2.52. The van der Waals surface area contributed by atoms with Crippen LogP contribution in [0.3, 0.4) is 0 Å². The van der Waals surface area contributed by atoms with Gasteiger partial charge in [0, 0.05) is 6.42 Å². The summed E-state index contributed by atoms with van der Waals surface area (Å²) < 4.78 is 10.8. The van der Waals surface area contributed by atoms with Gasteiger partial charge < -0.3 is 9.47 Å². The molecule has 3 nitrogen and oxygen atoms in total. The van der Waals surface area contributed by atoms with Crippen LogP contribution >= 0.6 is 0 Å². The summed E-state index contributed by atoms with van der Waals surface area (Å²) in [7, 11) is 0. The largest absolute Gasteiger partial charge is 0.370 e. The molecule has 13 heavy (non-hydrogen) atoms. The highest BCUT2D eigenvalue weighted by molar-refractivity contribution is 5.91. The fourth-order valence-electron chi connectivity index (χ4n) is 2.36. The Morgan fingerprint density at radius 1 is 1.46 bits per heavy atom. The van der Waals surface area contributed by atoms with Gasteiger partial charge >= 0.3 is 0 Å². The van der Waals surface area contributed by atoms with E-state index in [1.54, 1.807) is 0 Å². The molecule has 2 heterocycles. The molecule has 1 saturated carbocycles. The molecule has 2 saturated heterocycles. The topological polar surface area (TPSA) is 42.1 Å². The third kappa shape index (κ3) is 0.945. The Bertz CT molecular complexity index is 282. The number of carbonyl (C=O) groups is 1. The summed E-state index contributed by atoms with van der Waals surface area (Å²) in [4.78, 5) is 11.7. The molecule has 1 unspecified atom stereocenters. The molecule has 2 aliphatic heterocycles. The van der Waals surface area contributed by atoms with E-state index >= 15 is 0 Å². The standard InChI is InChI=1S/C10H14O3/c1-9(5-12-9)6-3-7(11)10(2)8(4-6)13-10/h6,8H,3-5H2,1-2H3/t6-,8+,9?,10-/m1/s1. The minimum atomic E-state index is -0.415. The maximum Gasteiger partial charge on any atom is 0.167 e. The van der Waals surface area contributed by atoms with Crippen molar-refractivity contribution in [2.24, 2.45) is 5.92 Å². The summed E-state index contributed by atoms with van der Waals surface area (Å²) in [5.74, 6) is 0.658. The Labute approximate surface area is 77.4 Å². The Hall–Kier alpha value is -0.410. The molecular weight excluding hydrogens is 168 g/mol. The summed E-state index contributed by atoms with van der Waals surface area (Å²) in [5, 5.41) is 0. The van der Waals surface area contributed by atoms with E-state index < -0.39 is 5.60 Å². The normalized spacial score (nSPS) is 58.8. The number of epoxide rings is 2. The molecule has 0 radical (unpaired) electrons. The van der Waals surface area contributed by atoms with Crippen molar-refractivity contribution in [2.75, 3.05) is 6.61 Å². The quantitative estimate of drug-likeness (QED) is 0.566. The Morgan fingerprint density at radius 2 is 2.15 bits per heavy atom. The molecule has 72 valence electrons. The molecule has 3 heteroatoms. The molecule has 0 aromatic heterocycles. The first-order valence-corrected chi connectivity index (χ1v) is 4.90. The predicted octanol–water partition coefficient (Wildman–Crippen LogP) is 0.912. The molecule has 4 atom stereocenters. The Morgan fingerprint density at radius 3 is 2.69 bits per heavy atom. The zero-order valence-corrected chi connectivity index (χ0v) is 8.00. The van der Waals surface area contributed by atoms with Gasteiger partial charge in [0.05, 0.1) is 18.3 Å². The van der Waals surface area contributed by atoms with Gasteiger partial charge in [-0.25, -0.2) is 0 Å². The second-order valence-corrected chi connectivity index (χ2v) is 4.87. The molecule has 0 aromatic carbocycles. The van der Waals surface area contributed by atoms with E-state index in [0.717, 1.165) is 13.0 Å². The first-order chi connectivity index (χ1) is 6.05. The zero-order chi connectivity index (χ0) is 9.27. The number of hydrogen-bond donors (Lipinski definition) is 0. The van der Waals surface area contributed by atoms with Crippen molar-refractivity contribution in [3.05, 3.63) is 0 Å². The van der Waals surface area contributed by atoms with Crippen molar-refractivity contribution < 1.29 is 14.3 Å². The van der Waals surface area contributed by atoms with E-state index in [9.17, 15) is 4.79 Å². The van der Waals surface area contributed by atoms with Crippen LogP contribution in [-0.2, 0) is 14.3 Å². The van der Waals surface area contributed by atoms with E-state index in [0.29, 0.717) is 12.3 Å². The number of hydrogen-bond acceptors (Lipinski definition) is 3. The highest BCUT2D eigenvalue weighted by atomic mass is 16.6. The third-order valence-corrected chi connectivity index (χ3v) is 3.89. The summed E-state index contributed by atoms with van der Waals surface area (Å²) in [6.45, 7) is 4.82. The van der Waals surface area contributed by atoms with Crippen LogP contribution in [0.2, 0.25) is 0 Å². The van der Waals surface area contributed by atoms with Crippen molar-refractivity contribution in [2.45, 2.75) is 44.0 Å². The lowest BCUT2D eigenvalue weighted by Crippen LogP contribution is -2.37. The van der Waals surface area contributed by atoms with Gasteiger partial charge in [-0.1, -0.05) is 0 Å². The second-order valence-electron chi connectivity index (χ2n) is 4.87. The number of carbonyl (C=O) groups excluding carboxylic acids is 1. The van der Waals surface area contributed by atoms with E-state index in [1.807, 2.05) is 6.92 Å². The number of rotatable bonds is 1. The van der Waals surface area contributed by atoms with Gasteiger partial charge in [0.15, 0.2) is 5.78 Å². The second kappa shape index (κ2) is 1.98. The molecule has 0 amide bonds. The van der Waals surface area contributed by atoms with Crippen molar-refractivity contribution in [1.82, 2.24) is 0 Å². The number of fused-ring (bicyclic) bond motifs is 1. The lowest BCUT2D eigenvalue weighted by molar-refractivity contribution is -0.125. The van der Waals surface area contributed by atoms with Crippen LogP contribution in [0.1, 0.15) is 26.7 Å². The van der Waals surface area contributed by atoms with Gasteiger partial charge in [-0.05, 0) is 26.2 Å². The molecular formula is C10H14O3. The van der Waals surface area contributed by atoms with E-state index in [1.165, 1.54) is 0 Å². The Balaban J connectivity index is 1.79. The first kappa shape index (κ1) is 7.94. The first-order valence-electron chi connectivity index (χ1n) is 4.90. The van der Waals surface area contributed by atoms with Crippen molar-refractivity contribution in [1.29, 1.82) is 0 Å². The predicted molar refractivity (Wildman–Crippen MR) is 45.4 cm³/mol. The zero-order valence-electron chi connectivity index (χ0n) is 8.00. The van der Waals surface area contributed by atoms with Crippen molar-refractivity contribution in [3.8, 4) is 0 Å². The lowest BCUT2D eigenvalue weighted by Gasteiger charge is -2.24. The third-order valence-electron chi connectivity index (χ3n) is 3.89. The van der Waals surface area contributed by atoms with Crippen LogP contribution in [0.5, 0.6) is 0 Å². The molecule has 3 aliphatic rings. The maximum absolute atomic E-state index is 11.7. The van der Waals surface area contributed by atoms with Gasteiger partial charge in [0.1, 0.15) is 5.60 Å². The van der Waals surface area contributed by atoms with E-state index in [2.05, 4.69) is 6.92 Å². The number of ether oxygens (including phenoxy) is 2. The number of ketones is 1. The van der Waals surface area contributed by atoms with Crippen LogP contribution in [0.15, 0.2) is 0 Å². The molecule has 0 bridgehead atoms. The van der Waals surface area contributed by atoms with Crippen LogP contribution in [0.4, 0.5) is 0 Å². The number of Topliss-reactive ketones (excluding diaryl/α,β-unsaturated/α-hetero) is 1. The van der Waals surface area contributed by atoms with Crippen molar-refractivity contribution in [3.63, 3.8) is 0 Å². The molecule has 1 aliphatic carbocycles. The molecule has 0 aromatic rings. The minimum absolute atomic E-state index is 0.0110. The Kier molecular flexibility index (Phi) is 1.21. The fourth-order valence-corrected chi connectivity index (χ4v) is 2.36.